The van der Waals surface area contributed by atoms with Gasteiger partial charge in [0.1, 0.15) is 5.75 Å². The van der Waals surface area contributed by atoms with E-state index in [1.54, 1.807) is 7.11 Å². The van der Waals surface area contributed by atoms with Crippen molar-refractivity contribution in [3.8, 4) is 17.2 Å². The Labute approximate surface area is 180 Å². The molecule has 2 heterocycles. The van der Waals surface area contributed by atoms with Crippen LogP contribution in [0.3, 0.4) is 0 Å². The van der Waals surface area contributed by atoms with Crippen LogP contribution < -0.4 is 4.74 Å². The Morgan fingerprint density at radius 3 is 2.31 bits per heavy atom. The highest BCUT2D eigenvalue weighted by Crippen LogP contribution is 2.27. The van der Waals surface area contributed by atoms with E-state index in [0.717, 1.165) is 49.6 Å². The standard InChI is InChI=1S/C21H22Cl2N4O2/c1-28-17-7-5-15(6-8-17)21-25-24-19(29-21)14-27-11-9-26(10-12-27)13-16-3-2-4-18(22)20(16)23/h2-8H,9-14H2,1H3. The van der Waals surface area contributed by atoms with E-state index in [-0.39, 0.29) is 0 Å². The number of methoxy groups -OCH3 is 1. The Hall–Kier alpha value is -2.12. The second-order valence-corrected chi connectivity index (χ2v) is 7.78. The van der Waals surface area contributed by atoms with Gasteiger partial charge in [0.2, 0.25) is 11.8 Å². The molecule has 1 aromatic heterocycles. The first kappa shape index (κ1) is 20.2. The zero-order chi connectivity index (χ0) is 20.2. The predicted octanol–water partition coefficient (Wildman–Crippen LogP) is 4.37. The van der Waals surface area contributed by atoms with Crippen LogP contribution in [0.15, 0.2) is 46.9 Å². The van der Waals surface area contributed by atoms with Crippen LogP contribution in [0.1, 0.15) is 11.5 Å². The number of hydrogen-bond donors (Lipinski definition) is 0. The number of halogens is 2. The molecule has 4 rings (SSSR count). The molecule has 0 spiro atoms. The van der Waals surface area contributed by atoms with E-state index in [1.807, 2.05) is 42.5 Å². The minimum atomic E-state index is 0.525. The van der Waals surface area contributed by atoms with Gasteiger partial charge in [-0.1, -0.05) is 35.3 Å². The van der Waals surface area contributed by atoms with E-state index in [4.69, 9.17) is 32.4 Å². The molecule has 0 bridgehead atoms. The van der Waals surface area contributed by atoms with E-state index in [1.165, 1.54) is 0 Å². The smallest absolute Gasteiger partial charge is 0.247 e. The van der Waals surface area contributed by atoms with Gasteiger partial charge in [-0.15, -0.1) is 10.2 Å². The molecule has 29 heavy (non-hydrogen) atoms. The molecule has 0 N–H and O–H groups in total. The van der Waals surface area contributed by atoms with Gasteiger partial charge in [-0.2, -0.15) is 0 Å². The van der Waals surface area contributed by atoms with Gasteiger partial charge in [0.05, 0.1) is 23.7 Å². The molecule has 6 nitrogen and oxygen atoms in total. The first-order valence-corrected chi connectivity index (χ1v) is 10.2. The molecule has 1 aliphatic rings. The Kier molecular flexibility index (Phi) is 6.35. The number of benzene rings is 2. The highest BCUT2D eigenvalue weighted by molar-refractivity contribution is 6.42. The van der Waals surface area contributed by atoms with Crippen molar-refractivity contribution in [3.05, 3.63) is 64.0 Å². The van der Waals surface area contributed by atoms with Crippen LogP contribution in [0.5, 0.6) is 5.75 Å². The Morgan fingerprint density at radius 2 is 1.62 bits per heavy atom. The number of ether oxygens (including phenoxy) is 1. The Bertz CT molecular complexity index is 954. The zero-order valence-electron chi connectivity index (χ0n) is 16.1. The molecule has 1 aliphatic heterocycles. The molecule has 0 atom stereocenters. The lowest BCUT2D eigenvalue weighted by Crippen LogP contribution is -2.45. The van der Waals surface area contributed by atoms with Gasteiger partial charge in [-0.3, -0.25) is 9.80 Å². The highest BCUT2D eigenvalue weighted by atomic mass is 35.5. The van der Waals surface area contributed by atoms with Crippen molar-refractivity contribution in [2.24, 2.45) is 0 Å². The van der Waals surface area contributed by atoms with E-state index in [2.05, 4.69) is 20.0 Å². The van der Waals surface area contributed by atoms with E-state index in [9.17, 15) is 0 Å². The SMILES string of the molecule is COc1ccc(-c2nnc(CN3CCN(Cc4cccc(Cl)c4Cl)CC3)o2)cc1. The van der Waals surface area contributed by atoms with Gasteiger partial charge in [0.25, 0.3) is 0 Å². The van der Waals surface area contributed by atoms with Crippen LogP contribution in [0.25, 0.3) is 11.5 Å². The second-order valence-electron chi connectivity index (χ2n) is 6.99. The van der Waals surface area contributed by atoms with Gasteiger partial charge < -0.3 is 9.15 Å². The lowest BCUT2D eigenvalue weighted by atomic mass is 10.2. The molecular formula is C21H22Cl2N4O2. The summed E-state index contributed by atoms with van der Waals surface area (Å²) in [5.41, 5.74) is 1.95. The lowest BCUT2D eigenvalue weighted by Gasteiger charge is -2.34. The normalized spacial score (nSPS) is 15.6. The quantitative estimate of drug-likeness (QED) is 0.576. The van der Waals surface area contributed by atoms with Crippen LogP contribution in [0.4, 0.5) is 0 Å². The van der Waals surface area contributed by atoms with E-state index < -0.39 is 0 Å². The first-order chi connectivity index (χ1) is 14.1. The molecule has 0 unspecified atom stereocenters. The summed E-state index contributed by atoms with van der Waals surface area (Å²) in [6, 6.07) is 13.4. The summed E-state index contributed by atoms with van der Waals surface area (Å²) in [7, 11) is 1.64. The van der Waals surface area contributed by atoms with Gasteiger partial charge in [0, 0.05) is 38.3 Å². The van der Waals surface area contributed by atoms with Crippen molar-refractivity contribution in [1.29, 1.82) is 0 Å². The number of piperazine rings is 1. The van der Waals surface area contributed by atoms with Gasteiger partial charge in [0.15, 0.2) is 0 Å². The molecular weight excluding hydrogens is 411 g/mol. The molecule has 3 aromatic rings. The van der Waals surface area contributed by atoms with Crippen LogP contribution in [0, 0.1) is 0 Å². The van der Waals surface area contributed by atoms with Crippen molar-refractivity contribution >= 4 is 23.2 Å². The summed E-state index contributed by atoms with van der Waals surface area (Å²) in [4.78, 5) is 4.70. The topological polar surface area (TPSA) is 54.6 Å². The van der Waals surface area contributed by atoms with Gasteiger partial charge in [-0.25, -0.2) is 0 Å². The molecule has 152 valence electrons. The third-order valence-electron chi connectivity index (χ3n) is 5.05. The highest BCUT2D eigenvalue weighted by Gasteiger charge is 2.20. The average molecular weight is 433 g/mol. The van der Waals surface area contributed by atoms with E-state index >= 15 is 0 Å². The van der Waals surface area contributed by atoms with Crippen molar-refractivity contribution in [2.45, 2.75) is 13.1 Å². The van der Waals surface area contributed by atoms with Crippen LogP contribution in [-0.4, -0.2) is 53.3 Å². The van der Waals surface area contributed by atoms with E-state index in [0.29, 0.717) is 28.4 Å². The van der Waals surface area contributed by atoms with Gasteiger partial charge in [-0.05, 0) is 35.9 Å². The number of rotatable bonds is 6. The number of nitrogens with zero attached hydrogens (tertiary/aromatic N) is 4. The van der Waals surface area contributed by atoms with Gasteiger partial charge >= 0.3 is 0 Å². The van der Waals surface area contributed by atoms with Crippen molar-refractivity contribution in [1.82, 2.24) is 20.0 Å². The summed E-state index contributed by atoms with van der Waals surface area (Å²) >= 11 is 12.4. The largest absolute Gasteiger partial charge is 0.497 e. The van der Waals surface area contributed by atoms with Crippen molar-refractivity contribution in [2.75, 3.05) is 33.3 Å². The third-order valence-corrected chi connectivity index (χ3v) is 5.91. The number of aromatic nitrogens is 2. The molecule has 1 fully saturated rings. The maximum Gasteiger partial charge on any atom is 0.247 e. The fraction of sp³-hybridized carbons (Fsp3) is 0.333. The Balaban J connectivity index is 1.30. The molecule has 2 aromatic carbocycles. The van der Waals surface area contributed by atoms with Crippen LogP contribution in [0.2, 0.25) is 10.0 Å². The van der Waals surface area contributed by atoms with Crippen molar-refractivity contribution < 1.29 is 9.15 Å². The first-order valence-electron chi connectivity index (χ1n) is 9.47. The fourth-order valence-electron chi connectivity index (χ4n) is 3.38. The molecule has 1 saturated heterocycles. The monoisotopic (exact) mass is 432 g/mol. The molecule has 0 radical (unpaired) electrons. The fourth-order valence-corrected chi connectivity index (χ4v) is 3.76. The zero-order valence-corrected chi connectivity index (χ0v) is 17.7. The summed E-state index contributed by atoms with van der Waals surface area (Å²) in [6.45, 7) is 5.20. The lowest BCUT2D eigenvalue weighted by molar-refractivity contribution is 0.114. The molecule has 0 amide bonds. The van der Waals surface area contributed by atoms with Crippen molar-refractivity contribution in [3.63, 3.8) is 0 Å². The maximum absolute atomic E-state index is 6.31. The predicted molar refractivity (Wildman–Crippen MR) is 113 cm³/mol. The summed E-state index contributed by atoms with van der Waals surface area (Å²) in [5, 5.41) is 9.63. The molecule has 0 saturated carbocycles. The molecule has 0 aliphatic carbocycles. The Morgan fingerprint density at radius 1 is 0.931 bits per heavy atom. The van der Waals surface area contributed by atoms with Crippen LogP contribution in [-0.2, 0) is 13.1 Å². The summed E-state index contributed by atoms with van der Waals surface area (Å²) in [6.07, 6.45) is 0. The minimum absolute atomic E-state index is 0.525. The second kappa shape index (κ2) is 9.13. The van der Waals surface area contributed by atoms with Crippen LogP contribution >= 0.6 is 23.2 Å². The maximum atomic E-state index is 6.31. The average Bonchev–Trinajstić information content (AvgIpc) is 3.21. The third kappa shape index (κ3) is 4.90. The molecule has 8 heteroatoms. The summed E-state index contributed by atoms with van der Waals surface area (Å²) in [5.74, 6) is 1.95. The minimum Gasteiger partial charge on any atom is -0.497 e. The number of hydrogen-bond acceptors (Lipinski definition) is 6. The summed E-state index contributed by atoms with van der Waals surface area (Å²) < 4.78 is 11.0.